The van der Waals surface area contributed by atoms with Crippen molar-refractivity contribution in [2.24, 2.45) is 10.3 Å². The van der Waals surface area contributed by atoms with Gasteiger partial charge in [0.2, 0.25) is 11.8 Å². The minimum Gasteiger partial charge on any atom is -0.591 e. The van der Waals surface area contributed by atoms with Crippen molar-refractivity contribution >= 4 is 45.9 Å². The third kappa shape index (κ3) is 4.38. The Morgan fingerprint density at radius 3 is 2.70 bits per heavy atom. The van der Waals surface area contributed by atoms with E-state index in [9.17, 15) is 13.7 Å². The summed E-state index contributed by atoms with van der Waals surface area (Å²) in [5.74, 6) is -0.254. The lowest BCUT2D eigenvalue weighted by atomic mass is 10.1. The lowest BCUT2D eigenvalue weighted by Gasteiger charge is -2.38. The first-order valence-electron chi connectivity index (χ1n) is 9.63. The van der Waals surface area contributed by atoms with Crippen LogP contribution in [0, 0.1) is 5.92 Å². The van der Waals surface area contributed by atoms with Crippen molar-refractivity contribution in [2.45, 2.75) is 44.2 Å². The number of aromatic nitrogens is 2. The largest absolute Gasteiger partial charge is 0.591 e. The third-order valence-corrected chi connectivity index (χ3v) is 6.56. The van der Waals surface area contributed by atoms with Gasteiger partial charge in [-0.15, -0.1) is 0 Å². The topological polar surface area (TPSA) is 90.7 Å². The average Bonchev–Trinajstić information content (AvgIpc) is 3.38. The minimum absolute atomic E-state index is 0.146. The van der Waals surface area contributed by atoms with Gasteiger partial charge in [-0.1, -0.05) is 16.0 Å². The summed E-state index contributed by atoms with van der Waals surface area (Å²) in [7, 11) is 0. The van der Waals surface area contributed by atoms with E-state index in [-0.39, 0.29) is 12.0 Å². The van der Waals surface area contributed by atoms with Gasteiger partial charge in [0.25, 0.3) is 0 Å². The Hall–Kier alpha value is -1.97. The van der Waals surface area contributed by atoms with Crippen LogP contribution in [0.15, 0.2) is 22.9 Å². The van der Waals surface area contributed by atoms with Crippen molar-refractivity contribution < 1.29 is 18.5 Å². The molecule has 2 aliphatic rings. The van der Waals surface area contributed by atoms with Crippen molar-refractivity contribution in [3.8, 4) is 5.88 Å². The average molecular weight is 453 g/mol. The van der Waals surface area contributed by atoms with Gasteiger partial charge in [-0.3, -0.25) is 4.79 Å². The van der Waals surface area contributed by atoms with Crippen LogP contribution in [-0.2, 0) is 16.2 Å². The molecular formula is C20H22ClFN4O3S. The molecule has 2 fully saturated rings. The van der Waals surface area contributed by atoms with Gasteiger partial charge in [-0.2, -0.15) is 0 Å². The number of alkyl halides is 1. The summed E-state index contributed by atoms with van der Waals surface area (Å²) < 4.78 is 34.9. The van der Waals surface area contributed by atoms with Gasteiger partial charge in [0.05, 0.1) is 30.6 Å². The van der Waals surface area contributed by atoms with E-state index < -0.39 is 28.2 Å². The van der Waals surface area contributed by atoms with Gasteiger partial charge in [-0.25, -0.2) is 14.4 Å². The fourth-order valence-electron chi connectivity index (χ4n) is 3.07. The zero-order valence-corrected chi connectivity index (χ0v) is 18.4. The molecule has 1 saturated carbocycles. The summed E-state index contributed by atoms with van der Waals surface area (Å²) in [6.45, 7) is 6.34. The van der Waals surface area contributed by atoms with E-state index in [0.29, 0.717) is 41.5 Å². The molecule has 0 spiro atoms. The second-order valence-corrected chi connectivity index (χ2v) is 10.8. The van der Waals surface area contributed by atoms with Crippen LogP contribution in [0.25, 0.3) is 10.8 Å². The predicted molar refractivity (Wildman–Crippen MR) is 114 cm³/mol. The molecular weight excluding hydrogens is 431 g/mol. The van der Waals surface area contributed by atoms with Gasteiger partial charge in [-0.05, 0) is 33.3 Å². The number of halogens is 2. The van der Waals surface area contributed by atoms with Crippen LogP contribution in [0.2, 0.25) is 5.15 Å². The molecule has 2 aromatic rings. The maximum Gasteiger partial charge on any atom is 0.228 e. The summed E-state index contributed by atoms with van der Waals surface area (Å²) in [5.41, 5.74) is 0.646. The number of rotatable bonds is 5. The molecule has 0 unspecified atom stereocenters. The quantitative estimate of drug-likeness (QED) is 0.395. The summed E-state index contributed by atoms with van der Waals surface area (Å²) in [4.78, 5) is 22.1. The van der Waals surface area contributed by atoms with Crippen LogP contribution in [0.1, 0.15) is 32.8 Å². The number of pyridine rings is 2. The van der Waals surface area contributed by atoms with Crippen LogP contribution >= 0.6 is 11.6 Å². The standard InChI is InChI=1S/C20H22ClFN4O3S/c1-20(2,3)30(28)25-7-11-6-24-18(15-8-23-17(21)5-13(11)15)29-12-9-26(10-12)19(27)14-4-16(14)22/h5-8,12,14,16H,4,9-10H2,1-3H3/b25-7+/t14-,16+,30+/m1/s1. The zero-order valence-electron chi connectivity index (χ0n) is 16.8. The molecule has 7 nitrogen and oxygen atoms in total. The zero-order chi connectivity index (χ0) is 21.6. The van der Waals surface area contributed by atoms with E-state index in [1.165, 1.54) is 6.21 Å². The lowest BCUT2D eigenvalue weighted by molar-refractivity contribution is -0.141. The number of ether oxygens (including phenoxy) is 1. The van der Waals surface area contributed by atoms with E-state index in [1.54, 1.807) is 23.4 Å². The summed E-state index contributed by atoms with van der Waals surface area (Å²) in [6, 6.07) is 1.68. The highest BCUT2D eigenvalue weighted by Gasteiger charge is 2.48. The third-order valence-electron chi connectivity index (χ3n) is 5.01. The van der Waals surface area contributed by atoms with Gasteiger partial charge < -0.3 is 14.2 Å². The molecule has 30 heavy (non-hydrogen) atoms. The first-order chi connectivity index (χ1) is 14.1. The molecule has 3 heterocycles. The van der Waals surface area contributed by atoms with E-state index in [1.807, 2.05) is 20.8 Å². The van der Waals surface area contributed by atoms with Gasteiger partial charge >= 0.3 is 0 Å². The van der Waals surface area contributed by atoms with Gasteiger partial charge in [0, 0.05) is 23.3 Å². The Morgan fingerprint density at radius 1 is 1.37 bits per heavy atom. The first-order valence-corrected chi connectivity index (χ1v) is 11.1. The molecule has 0 N–H and O–H groups in total. The SMILES string of the molecule is CC(C)(C)[S@+]([O-])/N=C/c1cnc(OC2CN(C(=O)[C@@H]3C[C@@H]3F)C2)c2cnc(Cl)cc12. The first kappa shape index (κ1) is 21.3. The minimum atomic E-state index is -1.41. The number of fused-ring (bicyclic) bond motifs is 1. The lowest BCUT2D eigenvalue weighted by Crippen LogP contribution is -2.56. The van der Waals surface area contributed by atoms with Crippen molar-refractivity contribution in [1.29, 1.82) is 0 Å². The molecule has 10 heteroatoms. The smallest absolute Gasteiger partial charge is 0.228 e. The second-order valence-electron chi connectivity index (χ2n) is 8.51. The molecule has 1 aliphatic heterocycles. The highest BCUT2D eigenvalue weighted by molar-refractivity contribution is 7.91. The molecule has 0 radical (unpaired) electrons. The highest BCUT2D eigenvalue weighted by atomic mass is 35.5. The number of amides is 1. The number of carbonyl (C=O) groups excluding carboxylic acids is 1. The Kier molecular flexibility index (Phi) is 5.63. The highest BCUT2D eigenvalue weighted by Crippen LogP contribution is 2.37. The fourth-order valence-corrected chi connectivity index (χ4v) is 3.75. The molecule has 160 valence electrons. The number of carbonyl (C=O) groups is 1. The van der Waals surface area contributed by atoms with Crippen molar-refractivity contribution in [3.05, 3.63) is 29.2 Å². The monoisotopic (exact) mass is 452 g/mol. The maximum absolute atomic E-state index is 13.1. The molecule has 4 rings (SSSR count). The Balaban J connectivity index is 1.51. The molecule has 1 saturated heterocycles. The van der Waals surface area contributed by atoms with Crippen LogP contribution in [0.3, 0.4) is 0 Å². The van der Waals surface area contributed by atoms with Crippen LogP contribution in [-0.4, -0.2) is 61.7 Å². The van der Waals surface area contributed by atoms with E-state index >= 15 is 0 Å². The van der Waals surface area contributed by atoms with Crippen LogP contribution in [0.5, 0.6) is 5.88 Å². The Labute approximate surface area is 182 Å². The fraction of sp³-hybridized carbons (Fsp3) is 0.500. The molecule has 1 amide bonds. The molecule has 0 aromatic carbocycles. The molecule has 1 aliphatic carbocycles. The predicted octanol–water partition coefficient (Wildman–Crippen LogP) is 3.11. The van der Waals surface area contributed by atoms with E-state index in [2.05, 4.69) is 14.4 Å². The van der Waals surface area contributed by atoms with Crippen molar-refractivity contribution in [3.63, 3.8) is 0 Å². The van der Waals surface area contributed by atoms with Crippen molar-refractivity contribution in [1.82, 2.24) is 14.9 Å². The molecule has 3 atom stereocenters. The van der Waals surface area contributed by atoms with E-state index in [0.717, 1.165) is 5.39 Å². The summed E-state index contributed by atoms with van der Waals surface area (Å²) in [6.07, 6.45) is 3.77. The van der Waals surface area contributed by atoms with Gasteiger partial charge in [0.1, 0.15) is 33.5 Å². The number of hydrogen-bond donors (Lipinski definition) is 0. The normalized spacial score (nSPS) is 22.9. The number of hydrogen-bond acceptors (Lipinski definition) is 6. The van der Waals surface area contributed by atoms with Crippen LogP contribution in [0.4, 0.5) is 4.39 Å². The maximum atomic E-state index is 13.1. The summed E-state index contributed by atoms with van der Waals surface area (Å²) >= 11 is 4.67. The van der Waals surface area contributed by atoms with Crippen LogP contribution < -0.4 is 4.74 Å². The Morgan fingerprint density at radius 2 is 2.07 bits per heavy atom. The number of likely N-dealkylation sites (tertiary alicyclic amines) is 1. The Bertz CT molecular complexity index is 1010. The van der Waals surface area contributed by atoms with E-state index in [4.69, 9.17) is 16.3 Å². The molecule has 2 aromatic heterocycles. The second kappa shape index (κ2) is 7.94. The number of nitrogens with zero attached hydrogens (tertiary/aromatic N) is 4. The summed E-state index contributed by atoms with van der Waals surface area (Å²) in [5, 5.41) is 1.66. The van der Waals surface area contributed by atoms with Gasteiger partial charge in [0.15, 0.2) is 0 Å². The van der Waals surface area contributed by atoms with Crippen molar-refractivity contribution in [2.75, 3.05) is 13.1 Å². The molecule has 0 bridgehead atoms.